The molecular weight excluding hydrogens is 446 g/mol. The van der Waals surface area contributed by atoms with Crippen molar-refractivity contribution in [1.29, 1.82) is 5.26 Å². The number of imidazole rings is 1. The Hall–Kier alpha value is -3.01. The van der Waals surface area contributed by atoms with Crippen LogP contribution in [0.3, 0.4) is 0 Å². The number of fused-ring (bicyclic) bond motifs is 1. The number of para-hydroxylation sites is 2. The normalized spacial score (nSPS) is 11.4. The minimum Gasteiger partial charge on any atom is -0.489 e. The molecule has 0 bridgehead atoms. The van der Waals surface area contributed by atoms with E-state index in [0.717, 1.165) is 32.4 Å². The first-order valence-electron chi connectivity index (χ1n) is 8.91. The first-order valence-corrected chi connectivity index (χ1v) is 10.5. The third-order valence-electron chi connectivity index (χ3n) is 4.18. The van der Waals surface area contributed by atoms with Crippen molar-refractivity contribution in [2.24, 2.45) is 0 Å². The van der Waals surface area contributed by atoms with E-state index in [9.17, 15) is 5.26 Å². The molecule has 29 heavy (non-hydrogen) atoms. The Labute approximate surface area is 181 Å². The Balaban J connectivity index is 1.42. The van der Waals surface area contributed by atoms with E-state index in [1.807, 2.05) is 78.9 Å². The van der Waals surface area contributed by atoms with Crippen molar-refractivity contribution in [2.75, 3.05) is 0 Å². The lowest BCUT2D eigenvalue weighted by atomic mass is 10.2. The molecule has 1 heterocycles. The van der Waals surface area contributed by atoms with Crippen LogP contribution >= 0.6 is 27.7 Å². The second kappa shape index (κ2) is 8.99. The van der Waals surface area contributed by atoms with Crippen LogP contribution in [0.5, 0.6) is 5.75 Å². The average Bonchev–Trinajstić information content (AvgIpc) is 3.16. The Morgan fingerprint density at radius 2 is 1.83 bits per heavy atom. The topological polar surface area (TPSA) is 61.7 Å². The summed E-state index contributed by atoms with van der Waals surface area (Å²) in [6, 6.07) is 25.8. The van der Waals surface area contributed by atoms with Crippen LogP contribution in [0.25, 0.3) is 17.1 Å². The second-order valence-corrected chi connectivity index (χ2v) is 8.21. The van der Waals surface area contributed by atoms with Gasteiger partial charge in [0, 0.05) is 4.47 Å². The number of benzene rings is 3. The van der Waals surface area contributed by atoms with Crippen LogP contribution < -0.4 is 4.74 Å². The maximum Gasteiger partial charge on any atom is 0.171 e. The van der Waals surface area contributed by atoms with Gasteiger partial charge in [0.25, 0.3) is 0 Å². The van der Waals surface area contributed by atoms with Gasteiger partial charge < -0.3 is 9.72 Å². The van der Waals surface area contributed by atoms with E-state index in [0.29, 0.717) is 16.7 Å². The van der Waals surface area contributed by atoms with Gasteiger partial charge in [0.1, 0.15) is 18.4 Å². The first-order chi connectivity index (χ1) is 14.2. The van der Waals surface area contributed by atoms with E-state index in [4.69, 9.17) is 4.74 Å². The number of hydrogen-bond acceptors (Lipinski definition) is 4. The van der Waals surface area contributed by atoms with Gasteiger partial charge >= 0.3 is 0 Å². The molecule has 1 N–H and O–H groups in total. The number of nitriles is 1. The van der Waals surface area contributed by atoms with E-state index in [1.54, 1.807) is 0 Å². The highest BCUT2D eigenvalue weighted by molar-refractivity contribution is 9.10. The van der Waals surface area contributed by atoms with Gasteiger partial charge in [-0.15, -0.1) is 0 Å². The summed E-state index contributed by atoms with van der Waals surface area (Å²) in [5.74, 6) is 0.786. The Bertz CT molecular complexity index is 1160. The molecule has 3 aromatic carbocycles. The lowest BCUT2D eigenvalue weighted by Crippen LogP contribution is -1.94. The van der Waals surface area contributed by atoms with Crippen LogP contribution in [-0.2, 0) is 6.61 Å². The van der Waals surface area contributed by atoms with Crippen molar-refractivity contribution >= 4 is 44.8 Å². The summed E-state index contributed by atoms with van der Waals surface area (Å²) >= 11 is 4.75. The van der Waals surface area contributed by atoms with Gasteiger partial charge in [0.05, 0.1) is 15.9 Å². The fourth-order valence-electron chi connectivity index (χ4n) is 2.73. The van der Waals surface area contributed by atoms with Crippen molar-refractivity contribution in [3.63, 3.8) is 0 Å². The molecule has 0 radical (unpaired) electrons. The zero-order valence-corrected chi connectivity index (χ0v) is 17.7. The molecule has 6 heteroatoms. The minimum absolute atomic E-state index is 0.508. The van der Waals surface area contributed by atoms with Crippen LogP contribution in [-0.4, -0.2) is 9.97 Å². The van der Waals surface area contributed by atoms with Crippen molar-refractivity contribution in [2.45, 2.75) is 11.8 Å². The third-order valence-corrected chi connectivity index (χ3v) is 5.53. The lowest BCUT2D eigenvalue weighted by molar-refractivity contribution is 0.306. The molecule has 4 nitrogen and oxygen atoms in total. The molecule has 0 fully saturated rings. The van der Waals surface area contributed by atoms with Gasteiger partial charge in [-0.25, -0.2) is 4.98 Å². The van der Waals surface area contributed by atoms with Crippen LogP contribution in [0.1, 0.15) is 11.1 Å². The quantitative estimate of drug-likeness (QED) is 0.260. The summed E-state index contributed by atoms with van der Waals surface area (Å²) < 4.78 is 6.87. The molecule has 4 aromatic rings. The number of nitrogens with zero attached hydrogens (tertiary/aromatic N) is 2. The Morgan fingerprint density at radius 3 is 2.55 bits per heavy atom. The van der Waals surface area contributed by atoms with Crippen molar-refractivity contribution < 1.29 is 4.74 Å². The van der Waals surface area contributed by atoms with Gasteiger partial charge in [0.2, 0.25) is 0 Å². The highest BCUT2D eigenvalue weighted by atomic mass is 79.9. The monoisotopic (exact) mass is 461 g/mol. The number of halogens is 1. The number of nitrogens with one attached hydrogen (secondary N) is 1. The van der Waals surface area contributed by atoms with Gasteiger partial charge in [-0.3, -0.25) is 0 Å². The number of ether oxygens (including phenoxy) is 1. The van der Waals surface area contributed by atoms with Gasteiger partial charge in [-0.1, -0.05) is 52.3 Å². The number of rotatable bonds is 6. The molecule has 0 atom stereocenters. The lowest BCUT2D eigenvalue weighted by Gasteiger charge is -2.07. The molecular formula is C23H16BrN3OS. The molecule has 0 spiro atoms. The maximum absolute atomic E-state index is 9.50. The standard InChI is InChI=1S/C23H16BrN3OS/c24-18-9-5-17(6-10-18)15-28-19-11-7-16(8-12-19)13-20(14-25)29-23-26-21-3-1-2-4-22(21)27-23/h1-13H,15H2,(H,26,27)/b20-13+. The predicted octanol–water partition coefficient (Wildman–Crippen LogP) is 6.56. The molecule has 0 amide bonds. The highest BCUT2D eigenvalue weighted by Crippen LogP contribution is 2.28. The zero-order chi connectivity index (χ0) is 20.1. The number of H-pyrrole nitrogens is 1. The van der Waals surface area contributed by atoms with E-state index in [1.165, 1.54) is 11.8 Å². The van der Waals surface area contributed by atoms with Gasteiger partial charge in [-0.05, 0) is 65.4 Å². The highest BCUT2D eigenvalue weighted by Gasteiger charge is 2.06. The summed E-state index contributed by atoms with van der Waals surface area (Å²) in [5, 5.41) is 10.2. The third kappa shape index (κ3) is 5.08. The molecule has 0 aliphatic heterocycles. The molecule has 1 aromatic heterocycles. The molecule has 0 saturated heterocycles. The molecule has 4 rings (SSSR count). The summed E-state index contributed by atoms with van der Waals surface area (Å²) in [6.07, 6.45) is 1.84. The van der Waals surface area contributed by atoms with Crippen LogP contribution in [0.15, 0.2) is 87.3 Å². The van der Waals surface area contributed by atoms with E-state index < -0.39 is 0 Å². The fourth-order valence-corrected chi connectivity index (χ4v) is 3.74. The summed E-state index contributed by atoms with van der Waals surface area (Å²) in [6.45, 7) is 0.508. The number of hydrogen-bond donors (Lipinski definition) is 1. The maximum atomic E-state index is 9.50. The Kier molecular flexibility index (Phi) is 5.99. The van der Waals surface area contributed by atoms with Gasteiger partial charge in [-0.2, -0.15) is 5.26 Å². The fraction of sp³-hybridized carbons (Fsp3) is 0.0435. The molecule has 0 aliphatic carbocycles. The zero-order valence-electron chi connectivity index (χ0n) is 15.3. The summed E-state index contributed by atoms with van der Waals surface area (Å²) in [4.78, 5) is 8.30. The molecule has 0 unspecified atom stereocenters. The summed E-state index contributed by atoms with van der Waals surface area (Å²) in [7, 11) is 0. The first kappa shape index (κ1) is 19.3. The van der Waals surface area contributed by atoms with Crippen LogP contribution in [0.4, 0.5) is 0 Å². The van der Waals surface area contributed by atoms with Crippen molar-refractivity contribution in [1.82, 2.24) is 9.97 Å². The van der Waals surface area contributed by atoms with E-state index >= 15 is 0 Å². The smallest absolute Gasteiger partial charge is 0.171 e. The largest absolute Gasteiger partial charge is 0.489 e. The average molecular weight is 462 g/mol. The second-order valence-electron chi connectivity index (χ2n) is 6.27. The number of allylic oxidation sites excluding steroid dienone is 1. The predicted molar refractivity (Wildman–Crippen MR) is 120 cm³/mol. The minimum atomic E-state index is 0.508. The van der Waals surface area contributed by atoms with Crippen molar-refractivity contribution in [3.8, 4) is 11.8 Å². The SMILES string of the molecule is N#C/C(=C\c1ccc(OCc2ccc(Br)cc2)cc1)Sc1nc2ccccc2[nH]1. The van der Waals surface area contributed by atoms with E-state index in [2.05, 4.69) is 32.0 Å². The Morgan fingerprint density at radius 1 is 1.07 bits per heavy atom. The summed E-state index contributed by atoms with van der Waals surface area (Å²) in [5.41, 5.74) is 3.88. The van der Waals surface area contributed by atoms with Crippen LogP contribution in [0, 0.1) is 11.3 Å². The number of aromatic amines is 1. The molecule has 0 aliphatic rings. The molecule has 142 valence electrons. The van der Waals surface area contributed by atoms with Crippen LogP contribution in [0.2, 0.25) is 0 Å². The number of thioether (sulfide) groups is 1. The molecule has 0 saturated carbocycles. The van der Waals surface area contributed by atoms with Crippen molar-refractivity contribution in [3.05, 3.63) is 93.3 Å². The van der Waals surface area contributed by atoms with Gasteiger partial charge in [0.15, 0.2) is 5.16 Å². The van der Waals surface area contributed by atoms with E-state index in [-0.39, 0.29) is 0 Å². The number of aromatic nitrogens is 2.